The zero-order valence-corrected chi connectivity index (χ0v) is 13.2. The van der Waals surface area contributed by atoms with E-state index in [9.17, 15) is 4.79 Å². The van der Waals surface area contributed by atoms with Crippen molar-refractivity contribution in [1.29, 1.82) is 0 Å². The quantitative estimate of drug-likeness (QED) is 0.799. The average molecular weight is 306 g/mol. The van der Waals surface area contributed by atoms with Gasteiger partial charge in [0.05, 0.1) is 24.7 Å². The number of benzene rings is 2. The molecule has 0 spiro atoms. The van der Waals surface area contributed by atoms with Crippen LogP contribution in [0.4, 0.5) is 5.69 Å². The summed E-state index contributed by atoms with van der Waals surface area (Å²) in [6.07, 6.45) is 0.319. The molecule has 23 heavy (non-hydrogen) atoms. The summed E-state index contributed by atoms with van der Waals surface area (Å²) in [4.78, 5) is 16.8. The molecular weight excluding hydrogens is 288 g/mol. The van der Waals surface area contributed by atoms with E-state index in [1.54, 1.807) is 7.11 Å². The number of anilines is 1. The Hall–Kier alpha value is -2.88. The van der Waals surface area contributed by atoms with E-state index in [-0.39, 0.29) is 5.91 Å². The van der Waals surface area contributed by atoms with Crippen LogP contribution in [-0.4, -0.2) is 18.0 Å². The number of carbonyl (C=O) groups excluding carboxylic acids is 1. The first kappa shape index (κ1) is 15.0. The standard InChI is InChI=1S/C19H18N2O2/c1-13-6-11-16-17(20-13)4-3-5-18(16)21-19(22)12-14-7-9-15(23-2)10-8-14/h3-11H,12H2,1-2H3,(H,21,22). The van der Waals surface area contributed by atoms with Crippen molar-refractivity contribution in [2.24, 2.45) is 0 Å². The third-order valence-corrected chi connectivity index (χ3v) is 3.67. The van der Waals surface area contributed by atoms with Crippen LogP contribution in [0.5, 0.6) is 5.75 Å². The number of rotatable bonds is 4. The normalized spacial score (nSPS) is 10.5. The molecule has 2 aromatic carbocycles. The highest BCUT2D eigenvalue weighted by Crippen LogP contribution is 2.22. The van der Waals surface area contributed by atoms with Crippen molar-refractivity contribution in [1.82, 2.24) is 4.98 Å². The van der Waals surface area contributed by atoms with Gasteiger partial charge in [-0.15, -0.1) is 0 Å². The number of nitrogens with one attached hydrogen (secondary N) is 1. The summed E-state index contributed by atoms with van der Waals surface area (Å²) in [7, 11) is 1.62. The molecule has 0 fully saturated rings. The molecular formula is C19H18N2O2. The third-order valence-electron chi connectivity index (χ3n) is 3.67. The van der Waals surface area contributed by atoms with Crippen LogP contribution in [0, 0.1) is 6.92 Å². The molecule has 0 unspecified atom stereocenters. The summed E-state index contributed by atoms with van der Waals surface area (Å²) in [6.45, 7) is 1.95. The first-order valence-corrected chi connectivity index (χ1v) is 7.45. The van der Waals surface area contributed by atoms with Crippen molar-refractivity contribution in [3.63, 3.8) is 0 Å². The van der Waals surface area contributed by atoms with Gasteiger partial charge in [0, 0.05) is 11.1 Å². The molecule has 0 atom stereocenters. The fourth-order valence-electron chi connectivity index (χ4n) is 2.49. The largest absolute Gasteiger partial charge is 0.497 e. The van der Waals surface area contributed by atoms with Crippen LogP contribution in [0.1, 0.15) is 11.3 Å². The Bertz CT molecular complexity index is 842. The summed E-state index contributed by atoms with van der Waals surface area (Å²) in [5, 5.41) is 3.92. The van der Waals surface area contributed by atoms with Crippen molar-refractivity contribution in [2.75, 3.05) is 12.4 Å². The lowest BCUT2D eigenvalue weighted by Gasteiger charge is -2.09. The first-order valence-electron chi connectivity index (χ1n) is 7.45. The van der Waals surface area contributed by atoms with E-state index in [4.69, 9.17) is 4.74 Å². The molecule has 1 heterocycles. The monoisotopic (exact) mass is 306 g/mol. The minimum Gasteiger partial charge on any atom is -0.497 e. The molecule has 0 bridgehead atoms. The van der Waals surface area contributed by atoms with Gasteiger partial charge in [-0.2, -0.15) is 0 Å². The number of aromatic nitrogens is 1. The van der Waals surface area contributed by atoms with Gasteiger partial charge in [0.15, 0.2) is 0 Å². The number of hydrogen-bond acceptors (Lipinski definition) is 3. The molecule has 3 aromatic rings. The number of nitrogens with zero attached hydrogens (tertiary/aromatic N) is 1. The predicted molar refractivity (Wildman–Crippen MR) is 91.8 cm³/mol. The molecule has 0 saturated heterocycles. The van der Waals surface area contributed by atoms with E-state index < -0.39 is 0 Å². The highest BCUT2D eigenvalue weighted by molar-refractivity contribution is 6.01. The van der Waals surface area contributed by atoms with Gasteiger partial charge in [0.25, 0.3) is 0 Å². The summed E-state index contributed by atoms with van der Waals surface area (Å²) in [6, 6.07) is 17.2. The SMILES string of the molecule is COc1ccc(CC(=O)Nc2cccc3nc(C)ccc23)cc1. The van der Waals surface area contributed by atoms with Gasteiger partial charge in [-0.05, 0) is 48.9 Å². The van der Waals surface area contributed by atoms with E-state index in [1.165, 1.54) is 0 Å². The fourth-order valence-corrected chi connectivity index (χ4v) is 2.49. The number of fused-ring (bicyclic) bond motifs is 1. The number of aryl methyl sites for hydroxylation is 1. The molecule has 0 aliphatic heterocycles. The molecule has 0 aliphatic carbocycles. The Morgan fingerprint density at radius 3 is 2.61 bits per heavy atom. The molecule has 4 nitrogen and oxygen atoms in total. The van der Waals surface area contributed by atoms with Gasteiger partial charge >= 0.3 is 0 Å². The number of pyridine rings is 1. The van der Waals surface area contributed by atoms with Gasteiger partial charge in [-0.25, -0.2) is 0 Å². The number of carbonyl (C=O) groups is 1. The van der Waals surface area contributed by atoms with Crippen molar-refractivity contribution in [3.05, 3.63) is 65.9 Å². The maximum Gasteiger partial charge on any atom is 0.228 e. The maximum atomic E-state index is 12.3. The minimum atomic E-state index is -0.0526. The summed E-state index contributed by atoms with van der Waals surface area (Å²) < 4.78 is 5.12. The second-order valence-corrected chi connectivity index (χ2v) is 5.40. The zero-order valence-electron chi connectivity index (χ0n) is 13.2. The molecule has 1 aromatic heterocycles. The van der Waals surface area contributed by atoms with Crippen LogP contribution in [0.2, 0.25) is 0 Å². The van der Waals surface area contributed by atoms with Gasteiger partial charge in [-0.1, -0.05) is 18.2 Å². The fraction of sp³-hybridized carbons (Fsp3) is 0.158. The van der Waals surface area contributed by atoms with Crippen LogP contribution in [-0.2, 0) is 11.2 Å². The van der Waals surface area contributed by atoms with E-state index in [0.717, 1.165) is 33.6 Å². The molecule has 0 radical (unpaired) electrons. The Kier molecular flexibility index (Phi) is 4.24. The van der Waals surface area contributed by atoms with Gasteiger partial charge < -0.3 is 10.1 Å². The Balaban J connectivity index is 1.77. The van der Waals surface area contributed by atoms with Crippen LogP contribution in [0.15, 0.2) is 54.6 Å². The second-order valence-electron chi connectivity index (χ2n) is 5.40. The van der Waals surface area contributed by atoms with E-state index in [1.807, 2.05) is 61.5 Å². The third kappa shape index (κ3) is 3.48. The van der Waals surface area contributed by atoms with Crippen LogP contribution in [0.3, 0.4) is 0 Å². The molecule has 0 saturated carbocycles. The number of hydrogen-bond donors (Lipinski definition) is 1. The van der Waals surface area contributed by atoms with E-state index >= 15 is 0 Å². The topological polar surface area (TPSA) is 51.2 Å². The van der Waals surface area contributed by atoms with Crippen molar-refractivity contribution in [3.8, 4) is 5.75 Å². The summed E-state index contributed by atoms with van der Waals surface area (Å²) >= 11 is 0. The van der Waals surface area contributed by atoms with Gasteiger partial charge in [-0.3, -0.25) is 9.78 Å². The maximum absolute atomic E-state index is 12.3. The zero-order chi connectivity index (χ0) is 16.2. The number of methoxy groups -OCH3 is 1. The Morgan fingerprint density at radius 2 is 1.87 bits per heavy atom. The number of amides is 1. The molecule has 4 heteroatoms. The van der Waals surface area contributed by atoms with E-state index in [0.29, 0.717) is 6.42 Å². The van der Waals surface area contributed by atoms with Crippen molar-refractivity contribution >= 4 is 22.5 Å². The van der Waals surface area contributed by atoms with Crippen molar-refractivity contribution < 1.29 is 9.53 Å². The van der Waals surface area contributed by atoms with Crippen molar-refractivity contribution in [2.45, 2.75) is 13.3 Å². The Labute approximate surface area is 135 Å². The highest BCUT2D eigenvalue weighted by Gasteiger charge is 2.08. The summed E-state index contributed by atoms with van der Waals surface area (Å²) in [5.41, 5.74) is 3.57. The lowest BCUT2D eigenvalue weighted by atomic mass is 10.1. The lowest BCUT2D eigenvalue weighted by Crippen LogP contribution is -2.14. The second kappa shape index (κ2) is 6.48. The Morgan fingerprint density at radius 1 is 1.09 bits per heavy atom. The smallest absolute Gasteiger partial charge is 0.228 e. The molecule has 116 valence electrons. The molecule has 0 aliphatic rings. The van der Waals surface area contributed by atoms with Gasteiger partial charge in [0.1, 0.15) is 5.75 Å². The minimum absolute atomic E-state index is 0.0526. The van der Waals surface area contributed by atoms with Gasteiger partial charge in [0.2, 0.25) is 5.91 Å². The molecule has 3 rings (SSSR count). The summed E-state index contributed by atoms with van der Waals surface area (Å²) in [5.74, 6) is 0.730. The van der Waals surface area contributed by atoms with Crippen LogP contribution >= 0.6 is 0 Å². The average Bonchev–Trinajstić information content (AvgIpc) is 2.55. The molecule has 1 amide bonds. The highest BCUT2D eigenvalue weighted by atomic mass is 16.5. The number of ether oxygens (including phenoxy) is 1. The van der Waals surface area contributed by atoms with Crippen LogP contribution in [0.25, 0.3) is 10.9 Å². The van der Waals surface area contributed by atoms with E-state index in [2.05, 4.69) is 10.3 Å². The molecule has 1 N–H and O–H groups in total. The van der Waals surface area contributed by atoms with Crippen LogP contribution < -0.4 is 10.1 Å². The predicted octanol–water partition coefficient (Wildman–Crippen LogP) is 3.73. The first-order chi connectivity index (χ1) is 11.2. The lowest BCUT2D eigenvalue weighted by molar-refractivity contribution is -0.115.